The van der Waals surface area contributed by atoms with Crippen LogP contribution in [0.1, 0.15) is 49.4 Å². The fourth-order valence-electron chi connectivity index (χ4n) is 3.64. The summed E-state index contributed by atoms with van der Waals surface area (Å²) in [4.78, 5) is 38.3. The lowest BCUT2D eigenvalue weighted by Gasteiger charge is -2.28. The van der Waals surface area contributed by atoms with Gasteiger partial charge < -0.3 is 19.9 Å². The van der Waals surface area contributed by atoms with Gasteiger partial charge in [0.25, 0.3) is 0 Å². The second-order valence-corrected chi connectivity index (χ2v) is 9.75. The summed E-state index contributed by atoms with van der Waals surface area (Å²) in [6.07, 6.45) is -5.31. The van der Waals surface area contributed by atoms with Crippen molar-refractivity contribution in [3.8, 4) is 5.75 Å². The van der Waals surface area contributed by atoms with Crippen molar-refractivity contribution in [3.63, 3.8) is 0 Å². The number of amides is 2. The molecule has 0 saturated heterocycles. The Labute approximate surface area is 219 Å². The van der Waals surface area contributed by atoms with Crippen molar-refractivity contribution in [1.29, 1.82) is 0 Å². The van der Waals surface area contributed by atoms with Crippen LogP contribution < -0.4 is 10.5 Å². The molecular weight excluding hydrogens is 505 g/mol. The van der Waals surface area contributed by atoms with Crippen LogP contribution >= 0.6 is 0 Å². The summed E-state index contributed by atoms with van der Waals surface area (Å²) in [5.74, 6) is -1.67. The number of esters is 1. The minimum Gasteiger partial charge on any atom is -0.497 e. The number of nitrogens with zero attached hydrogens (tertiary/aromatic N) is 1. The van der Waals surface area contributed by atoms with E-state index in [1.54, 1.807) is 39.0 Å². The third-order valence-corrected chi connectivity index (χ3v) is 5.59. The van der Waals surface area contributed by atoms with Gasteiger partial charge in [0.1, 0.15) is 11.4 Å². The van der Waals surface area contributed by atoms with E-state index in [0.717, 1.165) is 12.1 Å². The second-order valence-electron chi connectivity index (χ2n) is 9.75. The first-order chi connectivity index (χ1) is 17.6. The number of rotatable bonds is 10. The average Bonchev–Trinajstić information content (AvgIpc) is 2.82. The van der Waals surface area contributed by atoms with Gasteiger partial charge in [0.2, 0.25) is 5.91 Å². The molecule has 208 valence electrons. The van der Waals surface area contributed by atoms with Crippen molar-refractivity contribution >= 4 is 18.0 Å². The lowest BCUT2D eigenvalue weighted by molar-refractivity contribution is -0.143. The Morgan fingerprint density at radius 2 is 1.58 bits per heavy atom. The Morgan fingerprint density at radius 1 is 0.947 bits per heavy atom. The van der Waals surface area contributed by atoms with Crippen molar-refractivity contribution in [1.82, 2.24) is 4.90 Å². The van der Waals surface area contributed by atoms with Crippen molar-refractivity contribution < 1.29 is 41.8 Å². The molecule has 0 aliphatic rings. The molecular formula is C27H33F3N2O6. The van der Waals surface area contributed by atoms with Crippen molar-refractivity contribution in [3.05, 3.63) is 64.7 Å². The lowest BCUT2D eigenvalue weighted by Crippen LogP contribution is -2.36. The largest absolute Gasteiger partial charge is 0.497 e. The SMILES string of the molecule is COC(=O)CC(Cc1ccc(OC)cc1CN(Cc1ccc(C(F)(F)F)cc1)C(=O)OC(C)(C)C)C(N)=O. The molecule has 0 aromatic heterocycles. The molecule has 0 aliphatic carbocycles. The van der Waals surface area contributed by atoms with Crippen LogP contribution in [0.15, 0.2) is 42.5 Å². The number of halogens is 3. The van der Waals surface area contributed by atoms with Crippen LogP contribution in [0.2, 0.25) is 0 Å². The minimum absolute atomic E-state index is 0.0217. The molecule has 1 atom stereocenters. The monoisotopic (exact) mass is 538 g/mol. The standard InChI is InChI=1S/C27H33F3N2O6/c1-26(2,3)38-25(35)32(15-17-6-9-21(10-7-17)27(28,29)30)16-20-13-22(36-4)11-8-18(20)12-19(24(31)34)14-23(33)37-5/h6-11,13,19H,12,14-16H2,1-5H3,(H2,31,34). The fraction of sp³-hybridized carbons (Fsp3) is 0.444. The van der Waals surface area contributed by atoms with Gasteiger partial charge in [0.15, 0.2) is 0 Å². The van der Waals surface area contributed by atoms with Gasteiger partial charge in [-0.25, -0.2) is 4.79 Å². The maximum Gasteiger partial charge on any atom is 0.416 e. The molecule has 2 N–H and O–H groups in total. The number of ether oxygens (including phenoxy) is 3. The molecule has 2 aromatic rings. The molecule has 0 heterocycles. The first kappa shape index (κ1) is 30.5. The number of benzene rings is 2. The number of hydrogen-bond donors (Lipinski definition) is 1. The van der Waals surface area contributed by atoms with Gasteiger partial charge in [-0.1, -0.05) is 18.2 Å². The summed E-state index contributed by atoms with van der Waals surface area (Å²) >= 11 is 0. The highest BCUT2D eigenvalue weighted by Crippen LogP contribution is 2.30. The molecule has 0 bridgehead atoms. The average molecular weight is 539 g/mol. The van der Waals surface area contributed by atoms with E-state index < -0.39 is 41.2 Å². The first-order valence-corrected chi connectivity index (χ1v) is 11.8. The van der Waals surface area contributed by atoms with Gasteiger partial charge in [-0.2, -0.15) is 13.2 Å². The minimum atomic E-state index is -4.49. The molecule has 1 unspecified atom stereocenters. The Morgan fingerprint density at radius 3 is 2.08 bits per heavy atom. The highest BCUT2D eigenvalue weighted by Gasteiger charge is 2.30. The maximum atomic E-state index is 13.1. The Hall–Kier alpha value is -3.76. The highest BCUT2D eigenvalue weighted by atomic mass is 19.4. The van der Waals surface area contributed by atoms with Crippen LogP contribution in [0.3, 0.4) is 0 Å². The molecule has 8 nitrogen and oxygen atoms in total. The Bertz CT molecular complexity index is 1130. The molecule has 0 radical (unpaired) electrons. The fourth-order valence-corrected chi connectivity index (χ4v) is 3.64. The van der Waals surface area contributed by atoms with E-state index in [0.29, 0.717) is 22.4 Å². The van der Waals surface area contributed by atoms with E-state index in [4.69, 9.17) is 15.2 Å². The van der Waals surface area contributed by atoms with E-state index in [-0.39, 0.29) is 25.9 Å². The summed E-state index contributed by atoms with van der Waals surface area (Å²) in [5.41, 5.74) is 5.55. The molecule has 0 saturated carbocycles. The number of nitrogens with two attached hydrogens (primary N) is 1. The summed E-state index contributed by atoms with van der Waals surface area (Å²) in [6.45, 7) is 5.02. The van der Waals surface area contributed by atoms with Crippen molar-refractivity contribution in [2.45, 2.75) is 58.5 Å². The molecule has 2 aromatic carbocycles. The number of hydrogen-bond acceptors (Lipinski definition) is 6. The third kappa shape index (κ3) is 9.28. The van der Waals surface area contributed by atoms with E-state index in [9.17, 15) is 27.6 Å². The topological polar surface area (TPSA) is 108 Å². The zero-order chi connectivity index (χ0) is 28.7. The highest BCUT2D eigenvalue weighted by molar-refractivity contribution is 5.82. The van der Waals surface area contributed by atoms with Crippen LogP contribution in [0, 0.1) is 5.92 Å². The van der Waals surface area contributed by atoms with Gasteiger partial charge >= 0.3 is 18.2 Å². The number of alkyl halides is 3. The lowest BCUT2D eigenvalue weighted by atomic mass is 9.92. The van der Waals surface area contributed by atoms with Crippen molar-refractivity contribution in [2.24, 2.45) is 11.7 Å². The van der Waals surface area contributed by atoms with Crippen LogP contribution in [-0.2, 0) is 44.7 Å². The number of carbonyl (C=O) groups is 3. The van der Waals surface area contributed by atoms with Crippen molar-refractivity contribution in [2.75, 3.05) is 14.2 Å². The quantitative estimate of drug-likeness (QED) is 0.433. The number of methoxy groups -OCH3 is 2. The van der Waals surface area contributed by atoms with Crippen LogP contribution in [0.5, 0.6) is 5.75 Å². The van der Waals surface area contributed by atoms with E-state index in [1.807, 2.05) is 0 Å². The molecule has 11 heteroatoms. The predicted octanol–water partition coefficient (Wildman–Crippen LogP) is 4.86. The zero-order valence-corrected chi connectivity index (χ0v) is 22.1. The molecule has 2 amide bonds. The molecule has 38 heavy (non-hydrogen) atoms. The van der Waals surface area contributed by atoms with Crippen LogP contribution in [0.25, 0.3) is 0 Å². The van der Waals surface area contributed by atoms with Gasteiger partial charge in [0.05, 0.1) is 32.1 Å². The van der Waals surface area contributed by atoms with Gasteiger partial charge in [-0.05, 0) is 68.1 Å². The van der Waals surface area contributed by atoms with Crippen LogP contribution in [0.4, 0.5) is 18.0 Å². The predicted molar refractivity (Wildman–Crippen MR) is 133 cm³/mol. The van der Waals surface area contributed by atoms with Gasteiger partial charge in [0, 0.05) is 13.1 Å². The van der Waals surface area contributed by atoms with E-state index >= 15 is 0 Å². The van der Waals surface area contributed by atoms with E-state index in [2.05, 4.69) is 4.74 Å². The smallest absolute Gasteiger partial charge is 0.416 e. The summed E-state index contributed by atoms with van der Waals surface area (Å²) in [7, 11) is 2.68. The normalized spacial score (nSPS) is 12.4. The molecule has 0 spiro atoms. The maximum absolute atomic E-state index is 13.1. The third-order valence-electron chi connectivity index (χ3n) is 5.59. The summed E-state index contributed by atoms with van der Waals surface area (Å²) < 4.78 is 54.5. The van der Waals surface area contributed by atoms with Gasteiger partial charge in [-0.3, -0.25) is 14.5 Å². The second kappa shape index (κ2) is 12.7. The number of primary amides is 1. The first-order valence-electron chi connectivity index (χ1n) is 11.8. The molecule has 0 aliphatic heterocycles. The Kier molecular flexibility index (Phi) is 10.1. The van der Waals surface area contributed by atoms with E-state index in [1.165, 1.54) is 31.3 Å². The number of carbonyl (C=O) groups excluding carboxylic acids is 3. The Balaban J connectivity index is 2.44. The van der Waals surface area contributed by atoms with Gasteiger partial charge in [-0.15, -0.1) is 0 Å². The zero-order valence-electron chi connectivity index (χ0n) is 22.1. The molecule has 2 rings (SSSR count). The van der Waals surface area contributed by atoms with Crippen LogP contribution in [-0.4, -0.2) is 42.7 Å². The summed E-state index contributed by atoms with van der Waals surface area (Å²) in [5, 5.41) is 0. The summed E-state index contributed by atoms with van der Waals surface area (Å²) in [6, 6.07) is 9.54. The molecule has 0 fully saturated rings.